The molecule has 0 heterocycles. The lowest BCUT2D eigenvalue weighted by molar-refractivity contribution is 0.553. The Balaban J connectivity index is 1.64. The molecule has 0 aliphatic heterocycles. The maximum atomic E-state index is 12.0. The summed E-state index contributed by atoms with van der Waals surface area (Å²) in [6.45, 7) is 2.85. The van der Waals surface area contributed by atoms with Crippen LogP contribution in [0.25, 0.3) is 0 Å². The minimum atomic E-state index is -3.16. The molecule has 5 heteroatoms. The molecular weight excluding hydrogens is 284 g/mol. The Labute approximate surface area is 128 Å². The topological polar surface area (TPSA) is 58.2 Å². The molecule has 21 heavy (non-hydrogen) atoms. The van der Waals surface area contributed by atoms with Gasteiger partial charge in [0, 0.05) is 12.1 Å². The molecule has 118 valence electrons. The molecule has 4 nitrogen and oxygen atoms in total. The van der Waals surface area contributed by atoms with Gasteiger partial charge in [-0.05, 0) is 51.1 Å². The van der Waals surface area contributed by atoms with Crippen LogP contribution in [-0.4, -0.2) is 32.8 Å². The summed E-state index contributed by atoms with van der Waals surface area (Å²) in [5, 5.41) is 3.40. The number of sulfonamides is 1. The Morgan fingerprint density at radius 3 is 2.57 bits per heavy atom. The van der Waals surface area contributed by atoms with Crippen molar-refractivity contribution in [3.8, 4) is 0 Å². The van der Waals surface area contributed by atoms with Gasteiger partial charge in [0.2, 0.25) is 10.0 Å². The molecule has 0 aromatic heterocycles. The molecule has 1 aliphatic rings. The SMILES string of the molecule is CC(Cc1ccccc1)NS(=O)(=O)CCCCNC1CC1. The van der Waals surface area contributed by atoms with Crippen LogP contribution in [0, 0.1) is 0 Å². The van der Waals surface area contributed by atoms with E-state index in [0.29, 0.717) is 12.5 Å². The summed E-state index contributed by atoms with van der Waals surface area (Å²) in [6.07, 6.45) is 4.91. The third-order valence-corrected chi connectivity index (χ3v) is 5.20. The highest BCUT2D eigenvalue weighted by atomic mass is 32.2. The average Bonchev–Trinajstić information content (AvgIpc) is 3.22. The molecule has 0 amide bonds. The first-order valence-corrected chi connectivity index (χ1v) is 9.48. The molecule has 1 saturated carbocycles. The molecule has 0 radical (unpaired) electrons. The van der Waals surface area contributed by atoms with Crippen LogP contribution >= 0.6 is 0 Å². The van der Waals surface area contributed by atoms with Gasteiger partial charge in [-0.15, -0.1) is 0 Å². The molecule has 1 atom stereocenters. The fraction of sp³-hybridized carbons (Fsp3) is 0.625. The number of rotatable bonds is 10. The smallest absolute Gasteiger partial charge is 0.211 e. The Morgan fingerprint density at radius 1 is 1.19 bits per heavy atom. The molecule has 1 aliphatic carbocycles. The van der Waals surface area contributed by atoms with Crippen LogP contribution in [-0.2, 0) is 16.4 Å². The van der Waals surface area contributed by atoms with Gasteiger partial charge in [0.1, 0.15) is 0 Å². The number of hydrogen-bond donors (Lipinski definition) is 2. The standard InChI is InChI=1S/C16H26N2O2S/c1-14(13-15-7-3-2-4-8-15)18-21(19,20)12-6-5-11-17-16-9-10-16/h2-4,7-8,14,16-18H,5-6,9-13H2,1H3. The largest absolute Gasteiger partial charge is 0.314 e. The quantitative estimate of drug-likeness (QED) is 0.651. The molecule has 0 saturated heterocycles. The van der Waals surface area contributed by atoms with Crippen LogP contribution in [0.15, 0.2) is 30.3 Å². The summed E-state index contributed by atoms with van der Waals surface area (Å²) in [4.78, 5) is 0. The minimum Gasteiger partial charge on any atom is -0.314 e. The van der Waals surface area contributed by atoms with Crippen molar-refractivity contribution in [2.75, 3.05) is 12.3 Å². The molecule has 0 spiro atoms. The maximum Gasteiger partial charge on any atom is 0.211 e. The maximum absolute atomic E-state index is 12.0. The van der Waals surface area contributed by atoms with Crippen molar-refractivity contribution in [3.05, 3.63) is 35.9 Å². The first-order valence-electron chi connectivity index (χ1n) is 7.82. The van der Waals surface area contributed by atoms with Gasteiger partial charge in [-0.25, -0.2) is 13.1 Å². The van der Waals surface area contributed by atoms with E-state index in [2.05, 4.69) is 10.0 Å². The zero-order chi connectivity index (χ0) is 15.1. The van der Waals surface area contributed by atoms with Crippen molar-refractivity contribution in [1.82, 2.24) is 10.0 Å². The summed E-state index contributed by atoms with van der Waals surface area (Å²) in [7, 11) is -3.16. The van der Waals surface area contributed by atoms with Crippen LogP contribution < -0.4 is 10.0 Å². The minimum absolute atomic E-state index is 0.0676. The molecule has 1 aromatic carbocycles. The van der Waals surface area contributed by atoms with Gasteiger partial charge in [-0.2, -0.15) is 0 Å². The normalized spacial score (nSPS) is 16.8. The zero-order valence-electron chi connectivity index (χ0n) is 12.7. The predicted octanol–water partition coefficient (Wildman–Crippen LogP) is 2.07. The number of benzene rings is 1. The summed E-state index contributed by atoms with van der Waals surface area (Å²) >= 11 is 0. The van der Waals surface area contributed by atoms with Crippen LogP contribution in [0.4, 0.5) is 0 Å². The van der Waals surface area contributed by atoms with E-state index in [1.54, 1.807) is 0 Å². The van der Waals surface area contributed by atoms with Crippen molar-refractivity contribution in [1.29, 1.82) is 0 Å². The second-order valence-electron chi connectivity index (χ2n) is 5.96. The third-order valence-electron chi connectivity index (χ3n) is 3.62. The lowest BCUT2D eigenvalue weighted by atomic mass is 10.1. The third kappa shape index (κ3) is 7.07. The fourth-order valence-corrected chi connectivity index (χ4v) is 3.78. The van der Waals surface area contributed by atoms with Crippen molar-refractivity contribution >= 4 is 10.0 Å². The van der Waals surface area contributed by atoms with Gasteiger partial charge in [-0.3, -0.25) is 0 Å². The van der Waals surface area contributed by atoms with E-state index in [1.807, 2.05) is 37.3 Å². The summed E-state index contributed by atoms with van der Waals surface area (Å²) in [5.74, 6) is 0.221. The average molecular weight is 310 g/mol. The van der Waals surface area contributed by atoms with Crippen molar-refractivity contribution in [2.45, 2.75) is 51.1 Å². The van der Waals surface area contributed by atoms with Gasteiger partial charge >= 0.3 is 0 Å². The van der Waals surface area contributed by atoms with Crippen LogP contribution in [0.1, 0.15) is 38.2 Å². The molecule has 2 rings (SSSR count). The highest BCUT2D eigenvalue weighted by Gasteiger charge is 2.20. The molecule has 1 fully saturated rings. The monoisotopic (exact) mass is 310 g/mol. The Kier molecular flexibility index (Phi) is 6.21. The number of hydrogen-bond acceptors (Lipinski definition) is 3. The van der Waals surface area contributed by atoms with Crippen molar-refractivity contribution < 1.29 is 8.42 Å². The van der Waals surface area contributed by atoms with Crippen molar-refractivity contribution in [2.24, 2.45) is 0 Å². The molecular formula is C16H26N2O2S. The van der Waals surface area contributed by atoms with Crippen LogP contribution in [0.3, 0.4) is 0 Å². The van der Waals surface area contributed by atoms with E-state index in [-0.39, 0.29) is 11.8 Å². The zero-order valence-corrected chi connectivity index (χ0v) is 13.5. The summed E-state index contributed by atoms with van der Waals surface area (Å²) < 4.78 is 26.8. The Bertz CT molecular complexity index is 512. The second kappa shape index (κ2) is 7.92. The highest BCUT2D eigenvalue weighted by Crippen LogP contribution is 2.18. The molecule has 1 aromatic rings. The van der Waals surface area contributed by atoms with Gasteiger partial charge in [0.15, 0.2) is 0 Å². The van der Waals surface area contributed by atoms with Gasteiger partial charge in [-0.1, -0.05) is 30.3 Å². The Morgan fingerprint density at radius 2 is 1.90 bits per heavy atom. The predicted molar refractivity (Wildman–Crippen MR) is 86.8 cm³/mol. The Hall–Kier alpha value is -0.910. The lowest BCUT2D eigenvalue weighted by Gasteiger charge is -2.14. The van der Waals surface area contributed by atoms with E-state index in [4.69, 9.17) is 0 Å². The van der Waals surface area contributed by atoms with Gasteiger partial charge in [0.25, 0.3) is 0 Å². The molecule has 0 bridgehead atoms. The molecule has 1 unspecified atom stereocenters. The van der Waals surface area contributed by atoms with E-state index in [0.717, 1.165) is 24.9 Å². The summed E-state index contributed by atoms with van der Waals surface area (Å²) in [6, 6.07) is 10.6. The molecule has 2 N–H and O–H groups in total. The fourth-order valence-electron chi connectivity index (χ4n) is 2.39. The van der Waals surface area contributed by atoms with Gasteiger partial charge < -0.3 is 5.32 Å². The summed E-state index contributed by atoms with van der Waals surface area (Å²) in [5.41, 5.74) is 1.15. The van der Waals surface area contributed by atoms with E-state index >= 15 is 0 Å². The van der Waals surface area contributed by atoms with Gasteiger partial charge in [0.05, 0.1) is 5.75 Å². The first-order chi connectivity index (χ1) is 10.1. The first kappa shape index (κ1) is 16.5. The van der Waals surface area contributed by atoms with Crippen molar-refractivity contribution in [3.63, 3.8) is 0 Å². The van der Waals surface area contributed by atoms with Crippen LogP contribution in [0.5, 0.6) is 0 Å². The highest BCUT2D eigenvalue weighted by molar-refractivity contribution is 7.89. The van der Waals surface area contributed by atoms with E-state index in [9.17, 15) is 8.42 Å². The van der Waals surface area contributed by atoms with E-state index < -0.39 is 10.0 Å². The number of unbranched alkanes of at least 4 members (excludes halogenated alkanes) is 1. The second-order valence-corrected chi connectivity index (χ2v) is 7.84. The lowest BCUT2D eigenvalue weighted by Crippen LogP contribution is -2.35. The van der Waals surface area contributed by atoms with E-state index in [1.165, 1.54) is 12.8 Å². The van der Waals surface area contributed by atoms with Crippen LogP contribution in [0.2, 0.25) is 0 Å². The number of nitrogens with one attached hydrogen (secondary N) is 2.